The number of benzene rings is 1. The summed E-state index contributed by atoms with van der Waals surface area (Å²) in [5, 5.41) is 3.03. The molecule has 1 aliphatic rings. The first-order valence-corrected chi connectivity index (χ1v) is 6.79. The lowest BCUT2D eigenvalue weighted by molar-refractivity contribution is 0.0933. The number of nitrogens with one attached hydrogen (secondary N) is 2. The van der Waals surface area contributed by atoms with E-state index in [9.17, 15) is 9.59 Å². The van der Waals surface area contributed by atoms with Crippen molar-refractivity contribution in [3.8, 4) is 0 Å². The van der Waals surface area contributed by atoms with Gasteiger partial charge in [-0.25, -0.2) is 0 Å². The van der Waals surface area contributed by atoms with Crippen LogP contribution in [-0.4, -0.2) is 16.9 Å². The summed E-state index contributed by atoms with van der Waals surface area (Å²) in [5.74, 6) is -0.134. The topological polar surface area (TPSA) is 62.0 Å². The molecule has 0 fully saturated rings. The summed E-state index contributed by atoms with van der Waals surface area (Å²) in [5.41, 5.74) is 2.98. The number of hydrogen-bond acceptors (Lipinski definition) is 2. The van der Waals surface area contributed by atoms with E-state index in [0.717, 1.165) is 19.3 Å². The zero-order chi connectivity index (χ0) is 13.9. The molecule has 0 spiro atoms. The molecule has 1 unspecified atom stereocenters. The maximum absolute atomic E-state index is 12.1. The van der Waals surface area contributed by atoms with Crippen molar-refractivity contribution < 1.29 is 4.79 Å². The average Bonchev–Trinajstić information content (AvgIpc) is 2.48. The molecule has 20 heavy (non-hydrogen) atoms. The first-order chi connectivity index (χ1) is 9.72. The van der Waals surface area contributed by atoms with E-state index in [2.05, 4.69) is 28.5 Å². The molecule has 4 nitrogen and oxygen atoms in total. The van der Waals surface area contributed by atoms with E-state index in [0.29, 0.717) is 5.56 Å². The summed E-state index contributed by atoms with van der Waals surface area (Å²) >= 11 is 0. The second-order valence-electron chi connectivity index (χ2n) is 5.12. The number of amides is 1. The summed E-state index contributed by atoms with van der Waals surface area (Å²) in [6.07, 6.45) is 4.26. The van der Waals surface area contributed by atoms with Gasteiger partial charge in [-0.1, -0.05) is 24.3 Å². The molecule has 0 bridgehead atoms. The van der Waals surface area contributed by atoms with E-state index in [1.165, 1.54) is 23.4 Å². The van der Waals surface area contributed by atoms with Crippen LogP contribution in [0.3, 0.4) is 0 Å². The third-order valence-corrected chi connectivity index (χ3v) is 3.73. The van der Waals surface area contributed by atoms with Crippen molar-refractivity contribution in [3.05, 3.63) is 69.6 Å². The minimum Gasteiger partial charge on any atom is -0.349 e. The number of aromatic amines is 1. The van der Waals surface area contributed by atoms with Crippen LogP contribution in [0.15, 0.2) is 47.4 Å². The van der Waals surface area contributed by atoms with Crippen LogP contribution >= 0.6 is 0 Å². The summed E-state index contributed by atoms with van der Waals surface area (Å²) in [7, 11) is 0. The van der Waals surface area contributed by atoms with Gasteiger partial charge in [-0.2, -0.15) is 0 Å². The molecule has 1 aliphatic carbocycles. The van der Waals surface area contributed by atoms with Gasteiger partial charge in [-0.3, -0.25) is 9.59 Å². The molecule has 0 aliphatic heterocycles. The van der Waals surface area contributed by atoms with Crippen LogP contribution in [0.25, 0.3) is 0 Å². The van der Waals surface area contributed by atoms with Gasteiger partial charge in [0, 0.05) is 18.3 Å². The van der Waals surface area contributed by atoms with Crippen LogP contribution < -0.4 is 10.9 Å². The van der Waals surface area contributed by atoms with E-state index in [-0.39, 0.29) is 17.5 Å². The Balaban J connectivity index is 1.69. The van der Waals surface area contributed by atoms with Crippen molar-refractivity contribution in [1.82, 2.24) is 10.3 Å². The lowest BCUT2D eigenvalue weighted by Gasteiger charge is -2.25. The number of carbonyl (C=O) groups is 1. The van der Waals surface area contributed by atoms with E-state index in [1.54, 1.807) is 6.07 Å². The Labute approximate surface area is 116 Å². The molecule has 0 saturated carbocycles. The molecule has 4 heteroatoms. The highest BCUT2D eigenvalue weighted by Gasteiger charge is 2.20. The number of fused-ring (bicyclic) bond motifs is 1. The molecule has 1 aromatic heterocycles. The Kier molecular flexibility index (Phi) is 3.37. The van der Waals surface area contributed by atoms with Gasteiger partial charge in [-0.05, 0) is 36.5 Å². The maximum atomic E-state index is 12.1. The second-order valence-corrected chi connectivity index (χ2v) is 5.12. The molecule has 3 rings (SSSR count). The Morgan fingerprint density at radius 2 is 1.95 bits per heavy atom. The Morgan fingerprint density at radius 1 is 1.15 bits per heavy atom. The molecule has 1 amide bonds. The molecule has 1 atom stereocenters. The number of pyridine rings is 1. The van der Waals surface area contributed by atoms with Crippen LogP contribution in [-0.2, 0) is 12.8 Å². The quantitative estimate of drug-likeness (QED) is 0.870. The van der Waals surface area contributed by atoms with Crippen molar-refractivity contribution in [3.63, 3.8) is 0 Å². The van der Waals surface area contributed by atoms with Gasteiger partial charge in [0.1, 0.15) is 0 Å². The first kappa shape index (κ1) is 12.7. The Bertz CT molecular complexity index is 670. The smallest absolute Gasteiger partial charge is 0.252 e. The third-order valence-electron chi connectivity index (χ3n) is 3.73. The minimum absolute atomic E-state index is 0.134. The SMILES string of the molecule is O=C(NC1CCc2ccccc2C1)c1ccc(=O)[nH]c1. The van der Waals surface area contributed by atoms with Crippen LogP contribution in [0.5, 0.6) is 0 Å². The fourth-order valence-corrected chi connectivity index (χ4v) is 2.64. The lowest BCUT2D eigenvalue weighted by Crippen LogP contribution is -2.39. The minimum atomic E-state index is -0.201. The van der Waals surface area contributed by atoms with Gasteiger partial charge in [-0.15, -0.1) is 0 Å². The van der Waals surface area contributed by atoms with Crippen molar-refractivity contribution >= 4 is 5.91 Å². The highest BCUT2D eigenvalue weighted by Crippen LogP contribution is 2.21. The van der Waals surface area contributed by atoms with Crippen LogP contribution in [0.4, 0.5) is 0 Å². The highest BCUT2D eigenvalue weighted by molar-refractivity contribution is 5.94. The Morgan fingerprint density at radius 3 is 2.70 bits per heavy atom. The van der Waals surface area contributed by atoms with Gasteiger partial charge < -0.3 is 10.3 Å². The molecular formula is C16H16N2O2. The molecule has 2 N–H and O–H groups in total. The fraction of sp³-hybridized carbons (Fsp3) is 0.250. The van der Waals surface area contributed by atoms with Crippen LogP contribution in [0.1, 0.15) is 27.9 Å². The molecular weight excluding hydrogens is 252 g/mol. The van der Waals surface area contributed by atoms with E-state index >= 15 is 0 Å². The molecule has 2 aromatic rings. The third kappa shape index (κ3) is 2.64. The fourth-order valence-electron chi connectivity index (χ4n) is 2.64. The summed E-state index contributed by atoms with van der Waals surface area (Å²) in [6.45, 7) is 0. The molecule has 0 saturated heterocycles. The standard InChI is InChI=1S/C16H16N2O2/c19-15-8-6-13(10-17-15)16(20)18-14-7-5-11-3-1-2-4-12(11)9-14/h1-4,6,8,10,14H,5,7,9H2,(H,17,19)(H,18,20). The molecule has 1 heterocycles. The van der Waals surface area contributed by atoms with Gasteiger partial charge >= 0.3 is 0 Å². The van der Waals surface area contributed by atoms with Crippen LogP contribution in [0.2, 0.25) is 0 Å². The number of hydrogen-bond donors (Lipinski definition) is 2. The van der Waals surface area contributed by atoms with Crippen molar-refractivity contribution in [1.29, 1.82) is 0 Å². The number of rotatable bonds is 2. The number of aryl methyl sites for hydroxylation is 1. The zero-order valence-corrected chi connectivity index (χ0v) is 11.1. The predicted molar refractivity (Wildman–Crippen MR) is 76.8 cm³/mol. The normalized spacial score (nSPS) is 17.3. The monoisotopic (exact) mass is 268 g/mol. The number of carbonyl (C=O) groups excluding carboxylic acids is 1. The van der Waals surface area contributed by atoms with Gasteiger partial charge in [0.2, 0.25) is 5.56 Å². The lowest BCUT2D eigenvalue weighted by atomic mass is 9.88. The average molecular weight is 268 g/mol. The van der Waals surface area contributed by atoms with Gasteiger partial charge in [0.25, 0.3) is 5.91 Å². The zero-order valence-electron chi connectivity index (χ0n) is 11.1. The van der Waals surface area contributed by atoms with Crippen LogP contribution in [0, 0.1) is 0 Å². The van der Waals surface area contributed by atoms with E-state index < -0.39 is 0 Å². The highest BCUT2D eigenvalue weighted by atomic mass is 16.2. The van der Waals surface area contributed by atoms with Crippen molar-refractivity contribution in [2.75, 3.05) is 0 Å². The molecule has 1 aromatic carbocycles. The maximum Gasteiger partial charge on any atom is 0.252 e. The van der Waals surface area contributed by atoms with Gasteiger partial charge in [0.05, 0.1) is 5.56 Å². The Hall–Kier alpha value is -2.36. The summed E-state index contributed by atoms with van der Waals surface area (Å²) < 4.78 is 0. The second kappa shape index (κ2) is 5.33. The van der Waals surface area contributed by atoms with Gasteiger partial charge in [0.15, 0.2) is 0 Å². The van der Waals surface area contributed by atoms with Crippen molar-refractivity contribution in [2.24, 2.45) is 0 Å². The largest absolute Gasteiger partial charge is 0.349 e. The van der Waals surface area contributed by atoms with E-state index in [4.69, 9.17) is 0 Å². The predicted octanol–water partition coefficient (Wildman–Crippen LogP) is 1.66. The summed E-state index contributed by atoms with van der Waals surface area (Å²) in [4.78, 5) is 25.6. The number of aromatic nitrogens is 1. The van der Waals surface area contributed by atoms with Crippen molar-refractivity contribution in [2.45, 2.75) is 25.3 Å². The number of H-pyrrole nitrogens is 1. The summed E-state index contributed by atoms with van der Waals surface area (Å²) in [6, 6.07) is 11.4. The molecule has 0 radical (unpaired) electrons. The molecule has 102 valence electrons. The first-order valence-electron chi connectivity index (χ1n) is 6.79. The van der Waals surface area contributed by atoms with E-state index in [1.807, 2.05) is 6.07 Å².